The van der Waals surface area contributed by atoms with Crippen molar-refractivity contribution in [1.82, 2.24) is 9.97 Å². The van der Waals surface area contributed by atoms with Crippen molar-refractivity contribution in [2.45, 2.75) is 11.0 Å². The SMILES string of the molecule is O=C(O)c1csc(CSc2nc3cc(Cl)ccc3o2)n1. The van der Waals surface area contributed by atoms with Gasteiger partial charge in [0.25, 0.3) is 5.22 Å². The molecule has 0 saturated heterocycles. The number of rotatable bonds is 4. The Kier molecular flexibility index (Phi) is 3.64. The summed E-state index contributed by atoms with van der Waals surface area (Å²) < 4.78 is 5.55. The zero-order chi connectivity index (χ0) is 14.1. The lowest BCUT2D eigenvalue weighted by Crippen LogP contribution is -1.96. The first kappa shape index (κ1) is 13.4. The van der Waals surface area contributed by atoms with E-state index in [0.29, 0.717) is 32.1 Å². The van der Waals surface area contributed by atoms with Gasteiger partial charge in [-0.1, -0.05) is 23.4 Å². The fraction of sp³-hybridized carbons (Fsp3) is 0.0833. The third kappa shape index (κ3) is 2.79. The van der Waals surface area contributed by atoms with Gasteiger partial charge in [-0.25, -0.2) is 14.8 Å². The van der Waals surface area contributed by atoms with E-state index in [0.717, 1.165) is 0 Å². The van der Waals surface area contributed by atoms with Crippen LogP contribution in [0.4, 0.5) is 0 Å². The van der Waals surface area contributed by atoms with E-state index in [4.69, 9.17) is 21.1 Å². The fourth-order valence-electron chi connectivity index (χ4n) is 1.54. The smallest absolute Gasteiger partial charge is 0.355 e. The number of carboxylic acids is 1. The highest BCUT2D eigenvalue weighted by molar-refractivity contribution is 7.98. The van der Waals surface area contributed by atoms with Crippen LogP contribution in [0.1, 0.15) is 15.5 Å². The number of nitrogens with zero attached hydrogens (tertiary/aromatic N) is 2. The minimum Gasteiger partial charge on any atom is -0.476 e. The van der Waals surface area contributed by atoms with Crippen molar-refractivity contribution in [3.8, 4) is 0 Å². The molecule has 0 atom stereocenters. The highest BCUT2D eigenvalue weighted by atomic mass is 35.5. The van der Waals surface area contributed by atoms with E-state index in [2.05, 4.69) is 9.97 Å². The summed E-state index contributed by atoms with van der Waals surface area (Å²) >= 11 is 8.55. The van der Waals surface area contributed by atoms with Crippen molar-refractivity contribution in [3.63, 3.8) is 0 Å². The number of hydrogen-bond acceptors (Lipinski definition) is 6. The highest BCUT2D eigenvalue weighted by Gasteiger charge is 2.11. The van der Waals surface area contributed by atoms with Gasteiger partial charge in [0, 0.05) is 10.4 Å². The molecule has 0 saturated carbocycles. The first-order chi connectivity index (χ1) is 9.61. The van der Waals surface area contributed by atoms with E-state index in [1.165, 1.54) is 28.5 Å². The average molecular weight is 327 g/mol. The molecular weight excluding hydrogens is 320 g/mol. The molecule has 1 aromatic carbocycles. The molecule has 0 fully saturated rings. The van der Waals surface area contributed by atoms with Crippen LogP contribution in [0.25, 0.3) is 11.1 Å². The number of benzene rings is 1. The van der Waals surface area contributed by atoms with Gasteiger partial charge in [0.1, 0.15) is 10.5 Å². The van der Waals surface area contributed by atoms with Gasteiger partial charge in [0.05, 0.1) is 5.75 Å². The summed E-state index contributed by atoms with van der Waals surface area (Å²) in [6.45, 7) is 0. The highest BCUT2D eigenvalue weighted by Crippen LogP contribution is 2.28. The van der Waals surface area contributed by atoms with Crippen LogP contribution in [-0.4, -0.2) is 21.0 Å². The maximum absolute atomic E-state index is 10.7. The molecule has 0 unspecified atom stereocenters. The van der Waals surface area contributed by atoms with Gasteiger partial charge >= 0.3 is 5.97 Å². The third-order valence-electron chi connectivity index (χ3n) is 2.42. The number of fused-ring (bicyclic) bond motifs is 1. The summed E-state index contributed by atoms with van der Waals surface area (Å²) in [7, 11) is 0. The molecule has 0 bridgehead atoms. The summed E-state index contributed by atoms with van der Waals surface area (Å²) in [5.74, 6) is -0.507. The molecule has 0 aliphatic heterocycles. The number of aromatic nitrogens is 2. The Balaban J connectivity index is 1.74. The Labute approximate surface area is 126 Å². The zero-order valence-corrected chi connectivity index (χ0v) is 12.3. The molecule has 3 rings (SSSR count). The second-order valence-electron chi connectivity index (χ2n) is 3.81. The molecule has 0 spiro atoms. The number of halogens is 1. The predicted molar refractivity (Wildman–Crippen MR) is 77.7 cm³/mol. The van der Waals surface area contributed by atoms with Crippen molar-refractivity contribution in [2.75, 3.05) is 0 Å². The minimum absolute atomic E-state index is 0.0648. The average Bonchev–Trinajstić information content (AvgIpc) is 3.01. The Morgan fingerprint density at radius 2 is 2.30 bits per heavy atom. The second-order valence-corrected chi connectivity index (χ2v) is 6.12. The number of thiazole rings is 1. The number of hydrogen-bond donors (Lipinski definition) is 1. The molecule has 2 aromatic heterocycles. The van der Waals surface area contributed by atoms with Gasteiger partial charge in [-0.3, -0.25) is 0 Å². The van der Waals surface area contributed by atoms with E-state index in [1.54, 1.807) is 18.2 Å². The number of carbonyl (C=O) groups is 1. The van der Waals surface area contributed by atoms with E-state index in [9.17, 15) is 4.79 Å². The zero-order valence-electron chi connectivity index (χ0n) is 9.87. The first-order valence-electron chi connectivity index (χ1n) is 5.48. The monoisotopic (exact) mass is 326 g/mol. The second kappa shape index (κ2) is 5.43. The Morgan fingerprint density at radius 3 is 3.05 bits per heavy atom. The lowest BCUT2D eigenvalue weighted by molar-refractivity contribution is 0.0691. The van der Waals surface area contributed by atoms with Crippen molar-refractivity contribution >= 4 is 51.8 Å². The molecule has 8 heteroatoms. The molecule has 2 heterocycles. The third-order valence-corrected chi connectivity index (χ3v) is 4.53. The molecule has 0 aliphatic carbocycles. The lowest BCUT2D eigenvalue weighted by atomic mass is 10.3. The summed E-state index contributed by atoms with van der Waals surface area (Å²) in [6.07, 6.45) is 0. The van der Waals surface area contributed by atoms with Gasteiger partial charge in [-0.2, -0.15) is 0 Å². The maximum atomic E-state index is 10.7. The normalized spacial score (nSPS) is 11.1. The molecule has 3 aromatic rings. The topological polar surface area (TPSA) is 76.2 Å². The van der Waals surface area contributed by atoms with Gasteiger partial charge in [0.15, 0.2) is 11.3 Å². The maximum Gasteiger partial charge on any atom is 0.355 e. The van der Waals surface area contributed by atoms with Gasteiger partial charge in [0.2, 0.25) is 0 Å². The van der Waals surface area contributed by atoms with Crippen LogP contribution < -0.4 is 0 Å². The van der Waals surface area contributed by atoms with Crippen LogP contribution in [0.15, 0.2) is 33.2 Å². The van der Waals surface area contributed by atoms with Crippen LogP contribution in [0, 0.1) is 0 Å². The van der Waals surface area contributed by atoms with Crippen molar-refractivity contribution in [2.24, 2.45) is 0 Å². The first-order valence-corrected chi connectivity index (χ1v) is 7.73. The molecule has 0 aliphatic rings. The fourth-order valence-corrected chi connectivity index (χ4v) is 3.33. The van der Waals surface area contributed by atoms with Gasteiger partial charge < -0.3 is 9.52 Å². The summed E-state index contributed by atoms with van der Waals surface area (Å²) in [6, 6.07) is 5.24. The summed E-state index contributed by atoms with van der Waals surface area (Å²) in [5, 5.41) is 12.1. The van der Waals surface area contributed by atoms with E-state index < -0.39 is 5.97 Å². The standard InChI is InChI=1S/C12H7ClN2O3S2/c13-6-1-2-9-7(3-6)15-12(18-9)20-5-10-14-8(4-19-10)11(16)17/h1-4H,5H2,(H,16,17). The van der Waals surface area contributed by atoms with Gasteiger partial charge in [-0.15, -0.1) is 11.3 Å². The molecular formula is C12H7ClN2O3S2. The van der Waals surface area contributed by atoms with E-state index in [1.807, 2.05) is 0 Å². The van der Waals surface area contributed by atoms with Crippen LogP contribution in [0.2, 0.25) is 5.02 Å². The Hall–Kier alpha value is -1.57. The van der Waals surface area contributed by atoms with Crippen molar-refractivity contribution in [1.29, 1.82) is 0 Å². The largest absolute Gasteiger partial charge is 0.476 e. The van der Waals surface area contributed by atoms with E-state index in [-0.39, 0.29) is 5.69 Å². The van der Waals surface area contributed by atoms with Crippen LogP contribution in [0.5, 0.6) is 0 Å². The summed E-state index contributed by atoms with van der Waals surface area (Å²) in [4.78, 5) is 19.0. The lowest BCUT2D eigenvalue weighted by Gasteiger charge is -1.91. The minimum atomic E-state index is -1.02. The predicted octanol–water partition coefficient (Wildman–Crippen LogP) is 3.93. The quantitative estimate of drug-likeness (QED) is 0.732. The number of thioether (sulfide) groups is 1. The van der Waals surface area contributed by atoms with Gasteiger partial charge in [-0.05, 0) is 18.2 Å². The molecule has 5 nitrogen and oxygen atoms in total. The molecule has 102 valence electrons. The molecule has 0 amide bonds. The van der Waals surface area contributed by atoms with Crippen LogP contribution in [-0.2, 0) is 5.75 Å². The molecule has 1 N–H and O–H groups in total. The van der Waals surface area contributed by atoms with Crippen molar-refractivity contribution < 1.29 is 14.3 Å². The summed E-state index contributed by atoms with van der Waals surface area (Å²) in [5.41, 5.74) is 1.43. The Morgan fingerprint density at radius 1 is 1.45 bits per heavy atom. The number of oxazole rings is 1. The number of carboxylic acid groups (broad SMARTS) is 1. The van der Waals surface area contributed by atoms with Crippen molar-refractivity contribution in [3.05, 3.63) is 39.3 Å². The van der Waals surface area contributed by atoms with Crippen LogP contribution >= 0.6 is 34.7 Å². The molecule has 0 radical (unpaired) electrons. The number of aromatic carboxylic acids is 1. The van der Waals surface area contributed by atoms with E-state index >= 15 is 0 Å². The molecule has 20 heavy (non-hydrogen) atoms. The van der Waals surface area contributed by atoms with Crippen LogP contribution in [0.3, 0.4) is 0 Å². The Bertz CT molecular complexity index is 784.